The van der Waals surface area contributed by atoms with Crippen molar-refractivity contribution in [1.82, 2.24) is 5.32 Å². The summed E-state index contributed by atoms with van der Waals surface area (Å²) in [4.78, 5) is 12.3. The van der Waals surface area contributed by atoms with Gasteiger partial charge in [-0.1, -0.05) is 48.3 Å². The molecule has 0 aliphatic carbocycles. The first-order chi connectivity index (χ1) is 11.5. The first-order valence-electron chi connectivity index (χ1n) is 7.90. The van der Waals surface area contributed by atoms with Crippen molar-refractivity contribution < 1.29 is 9.53 Å². The lowest BCUT2D eigenvalue weighted by molar-refractivity contribution is -0.121. The van der Waals surface area contributed by atoms with Gasteiger partial charge < -0.3 is 10.1 Å². The number of hydrogen-bond acceptors (Lipinski definition) is 2. The van der Waals surface area contributed by atoms with Crippen LogP contribution in [0.1, 0.15) is 36.9 Å². The number of nitrogens with one attached hydrogen (secondary N) is 1. The number of carbonyl (C=O) groups excluding carboxylic acids is 1. The highest BCUT2D eigenvalue weighted by Crippen LogP contribution is 2.23. The van der Waals surface area contributed by atoms with E-state index in [4.69, 9.17) is 27.9 Å². The minimum absolute atomic E-state index is 0.00341. The number of methoxy groups -OCH3 is 1. The van der Waals surface area contributed by atoms with Crippen LogP contribution in [0.25, 0.3) is 0 Å². The lowest BCUT2D eigenvalue weighted by Gasteiger charge is -2.18. The molecule has 3 nitrogen and oxygen atoms in total. The van der Waals surface area contributed by atoms with E-state index in [0.29, 0.717) is 22.9 Å². The van der Waals surface area contributed by atoms with Crippen molar-refractivity contribution in [2.24, 2.45) is 0 Å². The van der Waals surface area contributed by atoms with Gasteiger partial charge in [-0.15, -0.1) is 0 Å². The van der Waals surface area contributed by atoms with Gasteiger partial charge in [0.05, 0.1) is 13.2 Å². The van der Waals surface area contributed by atoms with Crippen LogP contribution >= 0.6 is 23.2 Å². The van der Waals surface area contributed by atoms with Crippen LogP contribution in [0.15, 0.2) is 42.5 Å². The van der Waals surface area contributed by atoms with Crippen LogP contribution < -0.4 is 10.1 Å². The summed E-state index contributed by atoms with van der Waals surface area (Å²) in [5.74, 6) is 0.806. The van der Waals surface area contributed by atoms with Gasteiger partial charge in [0.15, 0.2) is 0 Å². The molecule has 0 saturated heterocycles. The minimum Gasteiger partial charge on any atom is -0.497 e. The molecule has 0 aromatic heterocycles. The maximum Gasteiger partial charge on any atom is 0.220 e. The molecule has 0 aliphatic heterocycles. The van der Waals surface area contributed by atoms with Gasteiger partial charge in [0.2, 0.25) is 5.91 Å². The van der Waals surface area contributed by atoms with Gasteiger partial charge in [-0.25, -0.2) is 0 Å². The molecule has 0 radical (unpaired) electrons. The van der Waals surface area contributed by atoms with Crippen LogP contribution in [0.4, 0.5) is 0 Å². The molecule has 24 heavy (non-hydrogen) atoms. The van der Waals surface area contributed by atoms with Gasteiger partial charge >= 0.3 is 0 Å². The quantitative estimate of drug-likeness (QED) is 0.731. The van der Waals surface area contributed by atoms with Crippen LogP contribution in [-0.4, -0.2) is 13.0 Å². The average Bonchev–Trinajstić information content (AvgIpc) is 2.59. The largest absolute Gasteiger partial charge is 0.497 e. The lowest BCUT2D eigenvalue weighted by atomic mass is 10.0. The van der Waals surface area contributed by atoms with Crippen LogP contribution in [0, 0.1) is 0 Å². The Bertz CT molecular complexity index is 686. The Morgan fingerprint density at radius 1 is 1.17 bits per heavy atom. The molecule has 0 fully saturated rings. The zero-order valence-electron chi connectivity index (χ0n) is 13.8. The SMILES string of the molecule is CC[C@@H](NC(=O)CCc1ccc(Cl)cc1Cl)c1ccc(OC)cc1. The fraction of sp³-hybridized carbons (Fsp3) is 0.316. The molecule has 0 bridgehead atoms. The van der Waals surface area contributed by atoms with Gasteiger partial charge in [0, 0.05) is 16.5 Å². The van der Waals surface area contributed by atoms with Crippen molar-refractivity contribution in [1.29, 1.82) is 0 Å². The zero-order valence-corrected chi connectivity index (χ0v) is 15.3. The summed E-state index contributed by atoms with van der Waals surface area (Å²) in [5, 5.41) is 4.26. The van der Waals surface area contributed by atoms with Crippen LogP contribution in [0.5, 0.6) is 5.75 Å². The molecule has 1 N–H and O–H groups in total. The highest BCUT2D eigenvalue weighted by atomic mass is 35.5. The van der Waals surface area contributed by atoms with Gasteiger partial charge in [0.25, 0.3) is 0 Å². The third-order valence-electron chi connectivity index (χ3n) is 3.90. The number of benzene rings is 2. The molecule has 1 atom stereocenters. The summed E-state index contributed by atoms with van der Waals surface area (Å²) < 4.78 is 5.16. The van der Waals surface area contributed by atoms with Crippen molar-refractivity contribution >= 4 is 29.1 Å². The van der Waals surface area contributed by atoms with E-state index in [2.05, 4.69) is 5.32 Å². The van der Waals surface area contributed by atoms with E-state index in [1.807, 2.05) is 37.3 Å². The summed E-state index contributed by atoms with van der Waals surface area (Å²) in [6.45, 7) is 2.05. The molecule has 0 heterocycles. The van der Waals surface area contributed by atoms with Crippen molar-refractivity contribution in [3.63, 3.8) is 0 Å². The van der Waals surface area contributed by atoms with E-state index >= 15 is 0 Å². The van der Waals surface area contributed by atoms with Crippen molar-refractivity contribution in [3.05, 3.63) is 63.6 Å². The lowest BCUT2D eigenvalue weighted by Crippen LogP contribution is -2.28. The Morgan fingerprint density at radius 2 is 1.88 bits per heavy atom. The Hall–Kier alpha value is -1.71. The molecule has 0 spiro atoms. The fourth-order valence-electron chi connectivity index (χ4n) is 2.50. The van der Waals surface area contributed by atoms with Crippen molar-refractivity contribution in [2.75, 3.05) is 7.11 Å². The molecule has 0 saturated carbocycles. The maximum atomic E-state index is 12.3. The number of ether oxygens (including phenoxy) is 1. The van der Waals surface area contributed by atoms with Gasteiger partial charge in [0.1, 0.15) is 5.75 Å². The molecule has 5 heteroatoms. The Kier molecular flexibility index (Phi) is 6.95. The summed E-state index contributed by atoms with van der Waals surface area (Å²) in [7, 11) is 1.63. The predicted octanol–water partition coefficient (Wildman–Crippen LogP) is 5.20. The molecule has 1 amide bonds. The Labute approximate surface area is 152 Å². The van der Waals surface area contributed by atoms with E-state index < -0.39 is 0 Å². The molecule has 2 aromatic rings. The molecular formula is C19H21Cl2NO2. The summed E-state index contributed by atoms with van der Waals surface area (Å²) >= 11 is 12.0. The molecule has 2 aromatic carbocycles. The summed E-state index contributed by atoms with van der Waals surface area (Å²) in [6, 6.07) is 13.1. The minimum atomic E-state index is -0.0101. The Balaban J connectivity index is 1.93. The Morgan fingerprint density at radius 3 is 2.46 bits per heavy atom. The highest BCUT2D eigenvalue weighted by molar-refractivity contribution is 6.35. The second-order valence-electron chi connectivity index (χ2n) is 5.54. The number of rotatable bonds is 7. The van der Waals surface area contributed by atoms with E-state index in [9.17, 15) is 4.79 Å². The predicted molar refractivity (Wildman–Crippen MR) is 99.0 cm³/mol. The number of hydrogen-bond donors (Lipinski definition) is 1. The number of aryl methyl sites for hydroxylation is 1. The average molecular weight is 366 g/mol. The monoisotopic (exact) mass is 365 g/mol. The maximum absolute atomic E-state index is 12.3. The molecule has 128 valence electrons. The van der Waals surface area contributed by atoms with E-state index in [-0.39, 0.29) is 11.9 Å². The number of carbonyl (C=O) groups is 1. The highest BCUT2D eigenvalue weighted by Gasteiger charge is 2.13. The van der Waals surface area contributed by atoms with Gasteiger partial charge in [-0.3, -0.25) is 4.79 Å². The fourth-order valence-corrected chi connectivity index (χ4v) is 3.00. The molecular weight excluding hydrogens is 345 g/mol. The first kappa shape index (κ1) is 18.6. The van der Waals surface area contributed by atoms with Gasteiger partial charge in [-0.2, -0.15) is 0 Å². The van der Waals surface area contributed by atoms with Gasteiger partial charge in [-0.05, 0) is 48.2 Å². The topological polar surface area (TPSA) is 38.3 Å². The van der Waals surface area contributed by atoms with E-state index in [1.165, 1.54) is 0 Å². The second-order valence-corrected chi connectivity index (χ2v) is 6.38. The van der Waals surface area contributed by atoms with E-state index in [0.717, 1.165) is 23.3 Å². The zero-order chi connectivity index (χ0) is 17.5. The van der Waals surface area contributed by atoms with Crippen LogP contribution in [-0.2, 0) is 11.2 Å². The molecule has 0 unspecified atom stereocenters. The standard InChI is InChI=1S/C19H21Cl2NO2/c1-3-18(14-5-9-16(24-2)10-6-14)22-19(23)11-7-13-4-8-15(20)12-17(13)21/h4-6,8-10,12,18H,3,7,11H2,1-2H3,(H,22,23)/t18-/m1/s1. The van der Waals surface area contributed by atoms with Crippen molar-refractivity contribution in [2.45, 2.75) is 32.2 Å². The number of halogens is 2. The third kappa shape index (κ3) is 5.15. The molecule has 0 aliphatic rings. The molecule has 2 rings (SSSR count). The normalized spacial score (nSPS) is 11.8. The first-order valence-corrected chi connectivity index (χ1v) is 8.66. The van der Waals surface area contributed by atoms with E-state index in [1.54, 1.807) is 19.2 Å². The van der Waals surface area contributed by atoms with Crippen LogP contribution in [0.2, 0.25) is 10.0 Å². The van der Waals surface area contributed by atoms with Crippen LogP contribution in [0.3, 0.4) is 0 Å². The summed E-state index contributed by atoms with van der Waals surface area (Å²) in [6.07, 6.45) is 1.79. The van der Waals surface area contributed by atoms with Crippen molar-refractivity contribution in [3.8, 4) is 5.75 Å². The smallest absolute Gasteiger partial charge is 0.220 e. The second kappa shape index (κ2) is 8.95. The third-order valence-corrected chi connectivity index (χ3v) is 4.49. The number of amides is 1. The summed E-state index contributed by atoms with van der Waals surface area (Å²) in [5.41, 5.74) is 1.99.